The molecule has 1 aliphatic carbocycles. The van der Waals surface area contributed by atoms with E-state index in [1.54, 1.807) is 0 Å². The summed E-state index contributed by atoms with van der Waals surface area (Å²) in [6.45, 7) is 5.92. The Labute approximate surface area is 110 Å². The van der Waals surface area contributed by atoms with Gasteiger partial charge in [-0.15, -0.1) is 0 Å². The Bertz CT molecular complexity index is 279. The maximum absolute atomic E-state index is 12.0. The second-order valence-corrected chi connectivity index (χ2v) is 6.07. The molecule has 2 rings (SSSR count). The summed E-state index contributed by atoms with van der Waals surface area (Å²) in [5.41, 5.74) is 5.43. The SMILES string of the molecule is CC(N)(C(=O)NCCN1CCCCCC1)C1CC1. The van der Waals surface area contributed by atoms with Crippen LogP contribution in [0.1, 0.15) is 45.4 Å². The predicted octanol–water partition coefficient (Wildman–Crippen LogP) is 1.11. The Morgan fingerprint density at radius 1 is 1.28 bits per heavy atom. The molecule has 4 nitrogen and oxygen atoms in total. The van der Waals surface area contributed by atoms with Crippen LogP contribution >= 0.6 is 0 Å². The van der Waals surface area contributed by atoms with E-state index in [1.807, 2.05) is 6.92 Å². The maximum atomic E-state index is 12.0. The molecule has 0 aromatic heterocycles. The largest absolute Gasteiger partial charge is 0.353 e. The number of hydrogen-bond acceptors (Lipinski definition) is 3. The zero-order valence-corrected chi connectivity index (χ0v) is 11.6. The van der Waals surface area contributed by atoms with E-state index < -0.39 is 5.54 Å². The van der Waals surface area contributed by atoms with Crippen LogP contribution in [0.25, 0.3) is 0 Å². The van der Waals surface area contributed by atoms with Crippen molar-refractivity contribution in [1.29, 1.82) is 0 Å². The number of nitrogens with zero attached hydrogens (tertiary/aromatic N) is 1. The molecule has 18 heavy (non-hydrogen) atoms. The monoisotopic (exact) mass is 253 g/mol. The highest BCUT2D eigenvalue weighted by molar-refractivity contribution is 5.86. The lowest BCUT2D eigenvalue weighted by Crippen LogP contribution is -2.54. The van der Waals surface area contributed by atoms with Gasteiger partial charge in [-0.3, -0.25) is 4.79 Å². The van der Waals surface area contributed by atoms with Crippen LogP contribution in [-0.4, -0.2) is 42.5 Å². The van der Waals surface area contributed by atoms with Crippen LogP contribution in [0.15, 0.2) is 0 Å². The third-order valence-corrected chi connectivity index (χ3v) is 4.33. The molecule has 104 valence electrons. The number of carbonyl (C=O) groups is 1. The number of rotatable bonds is 5. The molecule has 3 N–H and O–H groups in total. The molecule has 1 heterocycles. The van der Waals surface area contributed by atoms with Crippen molar-refractivity contribution in [2.24, 2.45) is 11.7 Å². The lowest BCUT2D eigenvalue weighted by Gasteiger charge is -2.25. The van der Waals surface area contributed by atoms with E-state index in [2.05, 4.69) is 10.2 Å². The molecule has 1 aliphatic heterocycles. The quantitative estimate of drug-likeness (QED) is 0.771. The fraction of sp³-hybridized carbons (Fsp3) is 0.929. The standard InChI is InChI=1S/C14H27N3O/c1-14(15,12-6-7-12)13(18)16-8-11-17-9-4-2-3-5-10-17/h12H,2-11,15H2,1H3,(H,16,18). The van der Waals surface area contributed by atoms with E-state index in [9.17, 15) is 4.79 Å². The fourth-order valence-electron chi connectivity index (χ4n) is 2.75. The Morgan fingerprint density at radius 2 is 1.89 bits per heavy atom. The van der Waals surface area contributed by atoms with Crippen LogP contribution in [0.3, 0.4) is 0 Å². The summed E-state index contributed by atoms with van der Waals surface area (Å²) in [5, 5.41) is 3.01. The highest BCUT2D eigenvalue weighted by Gasteiger charge is 2.43. The van der Waals surface area contributed by atoms with Crippen LogP contribution < -0.4 is 11.1 Å². The molecule has 1 unspecified atom stereocenters. The minimum atomic E-state index is -0.654. The van der Waals surface area contributed by atoms with Crippen LogP contribution in [0.2, 0.25) is 0 Å². The number of amides is 1. The summed E-state index contributed by atoms with van der Waals surface area (Å²) < 4.78 is 0. The van der Waals surface area contributed by atoms with Gasteiger partial charge in [0.05, 0.1) is 5.54 Å². The molecule has 0 aromatic rings. The van der Waals surface area contributed by atoms with Crippen molar-refractivity contribution in [3.8, 4) is 0 Å². The summed E-state index contributed by atoms with van der Waals surface area (Å²) in [5.74, 6) is 0.426. The number of hydrogen-bond donors (Lipinski definition) is 2. The van der Waals surface area contributed by atoms with Crippen molar-refractivity contribution >= 4 is 5.91 Å². The molecule has 2 aliphatic rings. The van der Waals surface area contributed by atoms with E-state index in [-0.39, 0.29) is 5.91 Å². The highest BCUT2D eigenvalue weighted by atomic mass is 16.2. The lowest BCUT2D eigenvalue weighted by molar-refractivity contribution is -0.126. The average Bonchev–Trinajstić information content (AvgIpc) is 3.16. The normalized spacial score (nSPS) is 25.2. The summed E-state index contributed by atoms with van der Waals surface area (Å²) in [7, 11) is 0. The molecule has 1 atom stereocenters. The highest BCUT2D eigenvalue weighted by Crippen LogP contribution is 2.38. The van der Waals surface area contributed by atoms with Gasteiger partial charge in [0.1, 0.15) is 0 Å². The van der Waals surface area contributed by atoms with Gasteiger partial charge in [0.15, 0.2) is 0 Å². The second-order valence-electron chi connectivity index (χ2n) is 6.07. The van der Waals surface area contributed by atoms with Gasteiger partial charge in [0.2, 0.25) is 5.91 Å². The third kappa shape index (κ3) is 3.69. The third-order valence-electron chi connectivity index (χ3n) is 4.33. The van der Waals surface area contributed by atoms with Crippen molar-refractivity contribution in [2.75, 3.05) is 26.2 Å². The minimum absolute atomic E-state index is 0.0276. The van der Waals surface area contributed by atoms with Crippen LogP contribution in [0, 0.1) is 5.92 Å². The number of nitrogens with one attached hydrogen (secondary N) is 1. The molecule has 0 bridgehead atoms. The van der Waals surface area contributed by atoms with Gasteiger partial charge < -0.3 is 16.0 Å². The van der Waals surface area contributed by atoms with Crippen molar-refractivity contribution < 1.29 is 4.79 Å². The van der Waals surface area contributed by atoms with Crippen LogP contribution in [0.5, 0.6) is 0 Å². The maximum Gasteiger partial charge on any atom is 0.240 e. The Kier molecular flexibility index (Phi) is 4.62. The predicted molar refractivity (Wildman–Crippen MR) is 73.2 cm³/mol. The topological polar surface area (TPSA) is 58.4 Å². The number of nitrogens with two attached hydrogens (primary N) is 1. The van der Waals surface area contributed by atoms with E-state index in [0.717, 1.165) is 25.9 Å². The van der Waals surface area contributed by atoms with Gasteiger partial charge in [-0.1, -0.05) is 12.8 Å². The molecule has 1 amide bonds. The van der Waals surface area contributed by atoms with Crippen molar-refractivity contribution in [1.82, 2.24) is 10.2 Å². The van der Waals surface area contributed by atoms with E-state index in [0.29, 0.717) is 5.92 Å². The summed E-state index contributed by atoms with van der Waals surface area (Å²) in [6.07, 6.45) is 7.51. The zero-order chi connectivity index (χ0) is 13.0. The average molecular weight is 253 g/mol. The van der Waals surface area contributed by atoms with Gasteiger partial charge in [-0.2, -0.15) is 0 Å². The number of likely N-dealkylation sites (tertiary alicyclic amines) is 1. The molecule has 4 heteroatoms. The molecule has 0 radical (unpaired) electrons. The first-order valence-corrected chi connectivity index (χ1v) is 7.40. The molecule has 0 aromatic carbocycles. The minimum Gasteiger partial charge on any atom is -0.353 e. The van der Waals surface area contributed by atoms with Crippen molar-refractivity contribution in [3.05, 3.63) is 0 Å². The van der Waals surface area contributed by atoms with Crippen LogP contribution in [-0.2, 0) is 4.79 Å². The summed E-state index contributed by atoms with van der Waals surface area (Å²) >= 11 is 0. The van der Waals surface area contributed by atoms with Gasteiger partial charge in [0.25, 0.3) is 0 Å². The Balaban J connectivity index is 1.66. The number of carbonyl (C=O) groups excluding carboxylic acids is 1. The van der Waals surface area contributed by atoms with Gasteiger partial charge >= 0.3 is 0 Å². The first kappa shape index (κ1) is 13.8. The molecule has 0 spiro atoms. The second kappa shape index (κ2) is 6.02. The van der Waals surface area contributed by atoms with E-state index in [4.69, 9.17) is 5.73 Å². The lowest BCUT2D eigenvalue weighted by atomic mass is 9.96. The zero-order valence-electron chi connectivity index (χ0n) is 11.6. The molecular weight excluding hydrogens is 226 g/mol. The van der Waals surface area contributed by atoms with Gasteiger partial charge in [0, 0.05) is 13.1 Å². The molecule has 1 saturated heterocycles. The first-order valence-electron chi connectivity index (χ1n) is 7.40. The molecule has 2 fully saturated rings. The van der Waals surface area contributed by atoms with Crippen molar-refractivity contribution in [3.63, 3.8) is 0 Å². The smallest absolute Gasteiger partial charge is 0.240 e. The Morgan fingerprint density at radius 3 is 2.44 bits per heavy atom. The van der Waals surface area contributed by atoms with Gasteiger partial charge in [-0.25, -0.2) is 0 Å². The van der Waals surface area contributed by atoms with Crippen LogP contribution in [0.4, 0.5) is 0 Å². The molecule has 1 saturated carbocycles. The molecular formula is C14H27N3O. The summed E-state index contributed by atoms with van der Waals surface area (Å²) in [6, 6.07) is 0. The van der Waals surface area contributed by atoms with E-state index >= 15 is 0 Å². The van der Waals surface area contributed by atoms with Gasteiger partial charge in [-0.05, 0) is 51.6 Å². The fourth-order valence-corrected chi connectivity index (χ4v) is 2.75. The van der Waals surface area contributed by atoms with E-state index in [1.165, 1.54) is 38.8 Å². The summed E-state index contributed by atoms with van der Waals surface area (Å²) in [4.78, 5) is 14.5. The van der Waals surface area contributed by atoms with Crippen molar-refractivity contribution in [2.45, 2.75) is 51.0 Å². The Hall–Kier alpha value is -0.610. The first-order chi connectivity index (χ1) is 8.60.